The average Bonchev–Trinajstić information content (AvgIpc) is 2.33. The lowest BCUT2D eigenvalue weighted by molar-refractivity contribution is 0.192. The van der Waals surface area contributed by atoms with Crippen molar-refractivity contribution in [2.45, 2.75) is 25.3 Å². The number of nitrogens with zero attached hydrogens (tertiary/aromatic N) is 2. The van der Waals surface area contributed by atoms with E-state index in [0.717, 1.165) is 0 Å². The largest absolute Gasteiger partial charge is 0.293 e. The van der Waals surface area contributed by atoms with Crippen LogP contribution in [0.15, 0.2) is 37.2 Å². The van der Waals surface area contributed by atoms with Crippen molar-refractivity contribution in [1.29, 1.82) is 0 Å². The molecule has 1 fully saturated rings. The molecule has 1 unspecified atom stereocenters. The van der Waals surface area contributed by atoms with E-state index in [1.807, 2.05) is 24.5 Å². The van der Waals surface area contributed by atoms with E-state index in [2.05, 4.69) is 22.5 Å². The minimum atomic E-state index is 0.346. The third-order valence-corrected chi connectivity index (χ3v) is 3.03. The SMILES string of the molecule is C=CC(c1cccnc1)N1CCCCC1. The second-order valence-corrected chi connectivity index (χ2v) is 4.06. The number of hydrogen-bond acceptors (Lipinski definition) is 2. The van der Waals surface area contributed by atoms with Gasteiger partial charge < -0.3 is 0 Å². The summed E-state index contributed by atoms with van der Waals surface area (Å²) in [6.45, 7) is 6.32. The van der Waals surface area contributed by atoms with Crippen molar-refractivity contribution in [3.8, 4) is 0 Å². The summed E-state index contributed by atoms with van der Waals surface area (Å²) in [5, 5.41) is 0. The van der Waals surface area contributed by atoms with E-state index in [4.69, 9.17) is 0 Å². The van der Waals surface area contributed by atoms with Crippen LogP contribution in [0.1, 0.15) is 30.9 Å². The van der Waals surface area contributed by atoms with Gasteiger partial charge in [-0.05, 0) is 37.6 Å². The summed E-state index contributed by atoms with van der Waals surface area (Å²) in [5.74, 6) is 0. The van der Waals surface area contributed by atoms with Crippen LogP contribution < -0.4 is 0 Å². The zero-order valence-corrected chi connectivity index (χ0v) is 9.10. The standard InChI is InChI=1S/C13H18N2/c1-2-13(12-7-6-8-14-11-12)15-9-4-3-5-10-15/h2,6-8,11,13H,1,3-5,9-10H2. The summed E-state index contributed by atoms with van der Waals surface area (Å²) in [5.41, 5.74) is 1.26. The maximum absolute atomic E-state index is 4.17. The average molecular weight is 202 g/mol. The maximum Gasteiger partial charge on any atom is 0.0544 e. The Balaban J connectivity index is 2.12. The molecular formula is C13H18N2. The Morgan fingerprint density at radius 2 is 2.13 bits per heavy atom. The molecule has 1 aromatic heterocycles. The van der Waals surface area contributed by atoms with Crippen molar-refractivity contribution in [3.63, 3.8) is 0 Å². The normalized spacial score (nSPS) is 19.7. The third-order valence-electron chi connectivity index (χ3n) is 3.03. The Kier molecular flexibility index (Phi) is 3.51. The molecule has 2 heteroatoms. The molecule has 0 spiro atoms. The van der Waals surface area contributed by atoms with Gasteiger partial charge in [-0.2, -0.15) is 0 Å². The van der Waals surface area contributed by atoms with Gasteiger partial charge >= 0.3 is 0 Å². The second-order valence-electron chi connectivity index (χ2n) is 4.06. The fourth-order valence-electron chi connectivity index (χ4n) is 2.24. The van der Waals surface area contributed by atoms with Crippen LogP contribution in [0.2, 0.25) is 0 Å². The highest BCUT2D eigenvalue weighted by atomic mass is 15.2. The van der Waals surface area contributed by atoms with Gasteiger partial charge in [0.15, 0.2) is 0 Å². The van der Waals surface area contributed by atoms with Gasteiger partial charge in [-0.15, -0.1) is 6.58 Å². The monoisotopic (exact) mass is 202 g/mol. The Labute approximate surface area is 91.6 Å². The van der Waals surface area contributed by atoms with Crippen molar-refractivity contribution < 1.29 is 0 Å². The predicted molar refractivity (Wildman–Crippen MR) is 62.6 cm³/mol. The fourth-order valence-corrected chi connectivity index (χ4v) is 2.24. The number of likely N-dealkylation sites (tertiary alicyclic amines) is 1. The lowest BCUT2D eigenvalue weighted by atomic mass is 10.0. The molecule has 1 saturated heterocycles. The minimum Gasteiger partial charge on any atom is -0.293 e. The van der Waals surface area contributed by atoms with Crippen LogP contribution in [0.3, 0.4) is 0 Å². The topological polar surface area (TPSA) is 16.1 Å². The van der Waals surface area contributed by atoms with Crippen LogP contribution in [-0.2, 0) is 0 Å². The van der Waals surface area contributed by atoms with Gasteiger partial charge in [0, 0.05) is 12.4 Å². The summed E-state index contributed by atoms with van der Waals surface area (Å²) in [6.07, 6.45) is 9.78. The fraction of sp³-hybridized carbons (Fsp3) is 0.462. The molecule has 2 rings (SSSR count). The van der Waals surface area contributed by atoms with Crippen molar-refractivity contribution in [1.82, 2.24) is 9.88 Å². The van der Waals surface area contributed by atoms with Gasteiger partial charge in [-0.3, -0.25) is 9.88 Å². The lowest BCUT2D eigenvalue weighted by Gasteiger charge is -2.32. The Bertz CT molecular complexity index is 302. The molecule has 80 valence electrons. The van der Waals surface area contributed by atoms with Crippen LogP contribution in [0.4, 0.5) is 0 Å². The molecule has 0 radical (unpaired) electrons. The Hall–Kier alpha value is -1.15. The van der Waals surface area contributed by atoms with Crippen LogP contribution in [0.25, 0.3) is 0 Å². The molecule has 0 bridgehead atoms. The van der Waals surface area contributed by atoms with Crippen LogP contribution in [-0.4, -0.2) is 23.0 Å². The van der Waals surface area contributed by atoms with Crippen LogP contribution in [0, 0.1) is 0 Å². The van der Waals surface area contributed by atoms with E-state index < -0.39 is 0 Å². The molecule has 0 aromatic carbocycles. The molecule has 2 heterocycles. The number of hydrogen-bond donors (Lipinski definition) is 0. The van der Waals surface area contributed by atoms with Gasteiger partial charge in [0.25, 0.3) is 0 Å². The lowest BCUT2D eigenvalue weighted by Crippen LogP contribution is -2.32. The van der Waals surface area contributed by atoms with E-state index in [0.29, 0.717) is 6.04 Å². The molecule has 1 aliphatic rings. The van der Waals surface area contributed by atoms with Crippen molar-refractivity contribution in [3.05, 3.63) is 42.7 Å². The molecule has 1 atom stereocenters. The Morgan fingerprint density at radius 3 is 2.73 bits per heavy atom. The molecule has 2 nitrogen and oxygen atoms in total. The number of aromatic nitrogens is 1. The van der Waals surface area contributed by atoms with Gasteiger partial charge in [0.2, 0.25) is 0 Å². The first-order chi connectivity index (χ1) is 7.42. The quantitative estimate of drug-likeness (QED) is 0.701. The molecule has 1 aliphatic heterocycles. The summed E-state index contributed by atoms with van der Waals surface area (Å²) >= 11 is 0. The molecule has 0 saturated carbocycles. The molecule has 1 aromatic rings. The van der Waals surface area contributed by atoms with Crippen LogP contribution >= 0.6 is 0 Å². The van der Waals surface area contributed by atoms with Gasteiger partial charge in [0.1, 0.15) is 0 Å². The number of rotatable bonds is 3. The van der Waals surface area contributed by atoms with E-state index in [9.17, 15) is 0 Å². The molecular weight excluding hydrogens is 184 g/mol. The van der Waals surface area contributed by atoms with Gasteiger partial charge in [-0.25, -0.2) is 0 Å². The first-order valence-electron chi connectivity index (χ1n) is 5.68. The van der Waals surface area contributed by atoms with Gasteiger partial charge in [-0.1, -0.05) is 18.6 Å². The van der Waals surface area contributed by atoms with Crippen molar-refractivity contribution >= 4 is 0 Å². The van der Waals surface area contributed by atoms with Crippen molar-refractivity contribution in [2.24, 2.45) is 0 Å². The molecule has 0 aliphatic carbocycles. The van der Waals surface area contributed by atoms with E-state index in [1.165, 1.54) is 37.9 Å². The predicted octanol–water partition coefficient (Wildman–Crippen LogP) is 2.79. The summed E-state index contributed by atoms with van der Waals surface area (Å²) in [7, 11) is 0. The Morgan fingerprint density at radius 1 is 1.33 bits per heavy atom. The first kappa shape index (κ1) is 10.4. The molecule has 0 N–H and O–H groups in total. The zero-order chi connectivity index (χ0) is 10.5. The second kappa shape index (κ2) is 5.08. The first-order valence-corrected chi connectivity index (χ1v) is 5.68. The van der Waals surface area contributed by atoms with E-state index >= 15 is 0 Å². The van der Waals surface area contributed by atoms with Crippen LogP contribution in [0.5, 0.6) is 0 Å². The molecule has 0 amide bonds. The third kappa shape index (κ3) is 2.45. The number of pyridine rings is 1. The molecule has 15 heavy (non-hydrogen) atoms. The maximum atomic E-state index is 4.17. The highest BCUT2D eigenvalue weighted by molar-refractivity contribution is 5.18. The summed E-state index contributed by atoms with van der Waals surface area (Å²) in [6, 6.07) is 4.47. The minimum absolute atomic E-state index is 0.346. The van der Waals surface area contributed by atoms with Gasteiger partial charge in [0.05, 0.1) is 6.04 Å². The highest BCUT2D eigenvalue weighted by Crippen LogP contribution is 2.24. The van der Waals surface area contributed by atoms with E-state index in [1.54, 1.807) is 0 Å². The smallest absolute Gasteiger partial charge is 0.0544 e. The van der Waals surface area contributed by atoms with Crippen molar-refractivity contribution in [2.75, 3.05) is 13.1 Å². The highest BCUT2D eigenvalue weighted by Gasteiger charge is 2.19. The zero-order valence-electron chi connectivity index (χ0n) is 9.10. The van der Waals surface area contributed by atoms with E-state index in [-0.39, 0.29) is 0 Å². The summed E-state index contributed by atoms with van der Waals surface area (Å²) in [4.78, 5) is 6.67. The summed E-state index contributed by atoms with van der Waals surface area (Å²) < 4.78 is 0. The number of piperidine rings is 1.